The first kappa shape index (κ1) is 32.4. The molecule has 0 spiro atoms. The van der Waals surface area contributed by atoms with E-state index < -0.39 is 0 Å². The van der Waals surface area contributed by atoms with Crippen LogP contribution in [0.3, 0.4) is 0 Å². The molecule has 4 nitrogen and oxygen atoms in total. The molecule has 0 saturated heterocycles. The van der Waals surface area contributed by atoms with E-state index in [9.17, 15) is 9.90 Å². The summed E-state index contributed by atoms with van der Waals surface area (Å²) in [6.45, 7) is 11.3. The van der Waals surface area contributed by atoms with Gasteiger partial charge >= 0.3 is 5.97 Å². The summed E-state index contributed by atoms with van der Waals surface area (Å²) in [5, 5.41) is 10.9. The lowest BCUT2D eigenvalue weighted by Gasteiger charge is -2.26. The molecule has 0 rings (SSSR count). The van der Waals surface area contributed by atoms with Gasteiger partial charge in [0.2, 0.25) is 0 Å². The molecular formula is C29H58O4. The topological polar surface area (TPSA) is 55.8 Å². The van der Waals surface area contributed by atoms with Gasteiger partial charge in [0.05, 0.1) is 18.3 Å². The normalized spacial score (nSPS) is 14.4. The predicted octanol–water partition coefficient (Wildman–Crippen LogP) is 8.38. The molecule has 0 aliphatic heterocycles. The van der Waals surface area contributed by atoms with E-state index in [1.807, 2.05) is 13.8 Å². The highest BCUT2D eigenvalue weighted by Crippen LogP contribution is 2.20. The highest BCUT2D eigenvalue weighted by Gasteiger charge is 2.21. The number of rotatable bonds is 24. The van der Waals surface area contributed by atoms with Gasteiger partial charge in [-0.3, -0.25) is 4.79 Å². The van der Waals surface area contributed by atoms with Gasteiger partial charge in [-0.1, -0.05) is 104 Å². The molecule has 33 heavy (non-hydrogen) atoms. The quantitative estimate of drug-likeness (QED) is 0.114. The average molecular weight is 471 g/mol. The van der Waals surface area contributed by atoms with E-state index in [4.69, 9.17) is 9.47 Å². The van der Waals surface area contributed by atoms with Gasteiger partial charge in [-0.25, -0.2) is 0 Å². The number of aliphatic hydroxyl groups excluding tert-OH is 1. The highest BCUT2D eigenvalue weighted by atomic mass is 16.5. The Bertz CT molecular complexity index is 424. The largest absolute Gasteiger partial charge is 0.463 e. The number of carbonyl (C=O) groups is 1. The summed E-state index contributed by atoms with van der Waals surface area (Å²) in [5.41, 5.74) is 0. The molecule has 0 aliphatic carbocycles. The van der Waals surface area contributed by atoms with Gasteiger partial charge < -0.3 is 14.6 Å². The van der Waals surface area contributed by atoms with Crippen LogP contribution in [0.25, 0.3) is 0 Å². The number of unbranched alkanes of at least 4 members (excludes halogenated alkanes) is 10. The maximum absolute atomic E-state index is 11.6. The Balaban J connectivity index is 4.25. The third-order valence-electron chi connectivity index (χ3n) is 6.61. The van der Waals surface area contributed by atoms with Crippen molar-refractivity contribution in [2.75, 3.05) is 6.61 Å². The van der Waals surface area contributed by atoms with E-state index in [2.05, 4.69) is 20.8 Å². The second-order valence-corrected chi connectivity index (χ2v) is 10.3. The number of carbonyl (C=O) groups excluding carboxylic acids is 1. The zero-order valence-corrected chi connectivity index (χ0v) is 22.9. The minimum absolute atomic E-state index is 0.0161. The highest BCUT2D eigenvalue weighted by molar-refractivity contribution is 5.69. The molecule has 3 unspecified atom stereocenters. The van der Waals surface area contributed by atoms with Crippen LogP contribution in [0.4, 0.5) is 0 Å². The molecule has 1 N–H and O–H groups in total. The second kappa shape index (κ2) is 23.1. The van der Waals surface area contributed by atoms with E-state index in [0.29, 0.717) is 12.3 Å². The van der Waals surface area contributed by atoms with Gasteiger partial charge in [0, 0.05) is 13.0 Å². The van der Waals surface area contributed by atoms with Crippen LogP contribution in [0.1, 0.15) is 150 Å². The van der Waals surface area contributed by atoms with Crippen molar-refractivity contribution in [3.63, 3.8) is 0 Å². The first-order valence-electron chi connectivity index (χ1n) is 14.4. The Morgan fingerprint density at radius 2 is 1.30 bits per heavy atom. The molecule has 0 aromatic rings. The monoisotopic (exact) mass is 470 g/mol. The molecule has 0 heterocycles. The number of hydrogen-bond donors (Lipinski definition) is 1. The van der Waals surface area contributed by atoms with Crippen LogP contribution >= 0.6 is 0 Å². The Morgan fingerprint density at radius 1 is 0.727 bits per heavy atom. The van der Waals surface area contributed by atoms with Crippen molar-refractivity contribution < 1.29 is 19.4 Å². The molecule has 0 fully saturated rings. The van der Waals surface area contributed by atoms with Crippen LogP contribution in [0, 0.1) is 5.92 Å². The Labute approximate surface area is 206 Å². The lowest BCUT2D eigenvalue weighted by Crippen LogP contribution is -2.31. The van der Waals surface area contributed by atoms with E-state index in [1.165, 1.54) is 51.4 Å². The van der Waals surface area contributed by atoms with E-state index in [0.717, 1.165) is 64.4 Å². The van der Waals surface area contributed by atoms with Crippen molar-refractivity contribution >= 4 is 5.97 Å². The van der Waals surface area contributed by atoms with Crippen LogP contribution in [0.2, 0.25) is 0 Å². The fraction of sp³-hybridized carbons (Fsp3) is 0.966. The van der Waals surface area contributed by atoms with Crippen LogP contribution in [0.15, 0.2) is 0 Å². The van der Waals surface area contributed by atoms with Gasteiger partial charge in [0.15, 0.2) is 0 Å². The summed E-state index contributed by atoms with van der Waals surface area (Å²) in [6, 6.07) is 0. The first-order chi connectivity index (χ1) is 15.9. The molecule has 0 aromatic heterocycles. The zero-order chi connectivity index (χ0) is 24.7. The first-order valence-corrected chi connectivity index (χ1v) is 14.4. The summed E-state index contributed by atoms with van der Waals surface area (Å²) < 4.78 is 11.5. The fourth-order valence-electron chi connectivity index (χ4n) is 4.33. The van der Waals surface area contributed by atoms with Crippen molar-refractivity contribution in [2.45, 2.75) is 169 Å². The third kappa shape index (κ3) is 20.5. The SMILES string of the molecule is CCCCCCCCC(OCC(CC)CCCC)C(O)CCCCCCCC(=O)OC(C)C. The maximum atomic E-state index is 11.6. The molecular weight excluding hydrogens is 412 g/mol. The summed E-state index contributed by atoms with van der Waals surface area (Å²) in [6.07, 6.45) is 19.7. The van der Waals surface area contributed by atoms with Gasteiger partial charge in [-0.05, 0) is 45.4 Å². The standard InChI is InChI=1S/C29H58O4/c1-6-9-11-12-15-18-22-28(32-24-26(8-3)20-10-7-2)27(30)21-17-14-13-16-19-23-29(31)33-25(4)5/h25-28,30H,6-24H2,1-5H3. The van der Waals surface area contributed by atoms with Crippen molar-refractivity contribution in [1.82, 2.24) is 0 Å². The molecule has 0 aliphatic rings. The fourth-order valence-corrected chi connectivity index (χ4v) is 4.33. The molecule has 0 radical (unpaired) electrons. The summed E-state index contributed by atoms with van der Waals surface area (Å²) in [4.78, 5) is 11.6. The number of ether oxygens (including phenoxy) is 2. The average Bonchev–Trinajstić information content (AvgIpc) is 2.78. The van der Waals surface area contributed by atoms with Crippen molar-refractivity contribution in [2.24, 2.45) is 5.92 Å². The summed E-state index contributed by atoms with van der Waals surface area (Å²) in [5.74, 6) is 0.533. The van der Waals surface area contributed by atoms with Gasteiger partial charge in [0.1, 0.15) is 0 Å². The van der Waals surface area contributed by atoms with Crippen molar-refractivity contribution in [3.05, 3.63) is 0 Å². The molecule has 3 atom stereocenters. The molecule has 0 saturated carbocycles. The minimum atomic E-state index is -0.356. The van der Waals surface area contributed by atoms with Crippen LogP contribution < -0.4 is 0 Å². The lowest BCUT2D eigenvalue weighted by molar-refractivity contribution is -0.147. The summed E-state index contributed by atoms with van der Waals surface area (Å²) in [7, 11) is 0. The summed E-state index contributed by atoms with van der Waals surface area (Å²) >= 11 is 0. The van der Waals surface area contributed by atoms with Gasteiger partial charge in [0.25, 0.3) is 0 Å². The minimum Gasteiger partial charge on any atom is -0.463 e. The Hall–Kier alpha value is -0.610. The Kier molecular flexibility index (Phi) is 22.7. The van der Waals surface area contributed by atoms with Crippen LogP contribution in [-0.2, 0) is 14.3 Å². The maximum Gasteiger partial charge on any atom is 0.306 e. The van der Waals surface area contributed by atoms with E-state index in [1.54, 1.807) is 0 Å². The number of aliphatic hydroxyl groups is 1. The third-order valence-corrected chi connectivity index (χ3v) is 6.61. The van der Waals surface area contributed by atoms with Crippen molar-refractivity contribution in [1.29, 1.82) is 0 Å². The predicted molar refractivity (Wildman–Crippen MR) is 141 cm³/mol. The second-order valence-electron chi connectivity index (χ2n) is 10.3. The number of hydrogen-bond acceptors (Lipinski definition) is 4. The lowest BCUT2D eigenvalue weighted by atomic mass is 9.98. The molecule has 198 valence electrons. The molecule has 0 bridgehead atoms. The molecule has 0 amide bonds. The van der Waals surface area contributed by atoms with Crippen LogP contribution in [0.5, 0.6) is 0 Å². The van der Waals surface area contributed by atoms with Crippen molar-refractivity contribution in [3.8, 4) is 0 Å². The number of esters is 1. The van der Waals surface area contributed by atoms with E-state index in [-0.39, 0.29) is 24.3 Å². The molecule has 4 heteroatoms. The van der Waals surface area contributed by atoms with Crippen LogP contribution in [-0.4, -0.2) is 36.0 Å². The van der Waals surface area contributed by atoms with Gasteiger partial charge in [-0.15, -0.1) is 0 Å². The smallest absolute Gasteiger partial charge is 0.306 e. The Morgan fingerprint density at radius 3 is 1.91 bits per heavy atom. The van der Waals surface area contributed by atoms with Gasteiger partial charge in [-0.2, -0.15) is 0 Å². The molecule has 0 aromatic carbocycles. The zero-order valence-electron chi connectivity index (χ0n) is 22.9. The van der Waals surface area contributed by atoms with E-state index >= 15 is 0 Å².